The lowest BCUT2D eigenvalue weighted by Gasteiger charge is -1.94. The molecule has 0 bridgehead atoms. The third-order valence-corrected chi connectivity index (χ3v) is 1.77. The standard InChI is InChI=1S/C10H7N2O2/c13-9-8(11-10(14)12-9)6-7-4-2-1-3-5-7/h2-6H,(H2,11,12,13,14). The van der Waals surface area contributed by atoms with Gasteiger partial charge in [0.25, 0.3) is 5.91 Å². The highest BCUT2D eigenvalue weighted by Crippen LogP contribution is 2.06. The summed E-state index contributed by atoms with van der Waals surface area (Å²) in [5, 5.41) is 4.53. The van der Waals surface area contributed by atoms with Gasteiger partial charge in [-0.1, -0.05) is 24.3 Å². The first-order valence-electron chi connectivity index (χ1n) is 4.06. The maximum Gasteiger partial charge on any atom is 0.326 e. The van der Waals surface area contributed by atoms with Crippen molar-refractivity contribution >= 4 is 18.0 Å². The zero-order valence-electron chi connectivity index (χ0n) is 7.20. The van der Waals surface area contributed by atoms with Crippen LogP contribution in [0.25, 0.3) is 6.08 Å². The van der Waals surface area contributed by atoms with Crippen molar-refractivity contribution in [2.24, 2.45) is 0 Å². The van der Waals surface area contributed by atoms with Crippen LogP contribution in [0.5, 0.6) is 0 Å². The number of amides is 3. The topological polar surface area (TPSA) is 58.2 Å². The fraction of sp³-hybridized carbons (Fsp3) is 0. The molecule has 1 aromatic rings. The largest absolute Gasteiger partial charge is 0.326 e. The highest BCUT2D eigenvalue weighted by Gasteiger charge is 2.22. The SMILES string of the molecule is O=C1NC(=O)C(=Cc2cc[c]cc2)N1. The highest BCUT2D eigenvalue weighted by molar-refractivity contribution is 6.13. The second kappa shape index (κ2) is 3.33. The molecular formula is C10H7N2O2. The molecule has 0 spiro atoms. The Morgan fingerprint density at radius 2 is 1.86 bits per heavy atom. The third-order valence-electron chi connectivity index (χ3n) is 1.77. The average Bonchev–Trinajstić information content (AvgIpc) is 2.47. The third kappa shape index (κ3) is 1.64. The van der Waals surface area contributed by atoms with E-state index in [1.54, 1.807) is 30.3 Å². The number of carbonyl (C=O) groups is 2. The lowest BCUT2D eigenvalue weighted by molar-refractivity contribution is -0.115. The van der Waals surface area contributed by atoms with E-state index < -0.39 is 11.9 Å². The number of urea groups is 1. The van der Waals surface area contributed by atoms with E-state index in [-0.39, 0.29) is 5.70 Å². The van der Waals surface area contributed by atoms with Gasteiger partial charge in [0, 0.05) is 0 Å². The van der Waals surface area contributed by atoms with Gasteiger partial charge >= 0.3 is 6.03 Å². The molecule has 0 saturated carbocycles. The van der Waals surface area contributed by atoms with Gasteiger partial charge in [0.1, 0.15) is 5.70 Å². The summed E-state index contributed by atoms with van der Waals surface area (Å²) in [4.78, 5) is 21.9. The summed E-state index contributed by atoms with van der Waals surface area (Å²) in [6, 6.07) is 9.44. The lowest BCUT2D eigenvalue weighted by Crippen LogP contribution is -2.22. The molecule has 0 atom stereocenters. The predicted molar refractivity (Wildman–Crippen MR) is 49.9 cm³/mol. The zero-order valence-corrected chi connectivity index (χ0v) is 7.20. The van der Waals surface area contributed by atoms with Crippen molar-refractivity contribution in [2.75, 3.05) is 0 Å². The Morgan fingerprint density at radius 1 is 1.14 bits per heavy atom. The molecule has 69 valence electrons. The molecule has 1 radical (unpaired) electrons. The van der Waals surface area contributed by atoms with Gasteiger partial charge in [0.15, 0.2) is 0 Å². The van der Waals surface area contributed by atoms with Crippen LogP contribution < -0.4 is 10.6 Å². The molecule has 14 heavy (non-hydrogen) atoms. The first kappa shape index (κ1) is 8.50. The summed E-state index contributed by atoms with van der Waals surface area (Å²) < 4.78 is 0. The first-order valence-corrected chi connectivity index (χ1v) is 4.06. The zero-order chi connectivity index (χ0) is 9.97. The number of carbonyl (C=O) groups excluding carboxylic acids is 2. The summed E-state index contributed by atoms with van der Waals surface area (Å²) in [6.07, 6.45) is 1.61. The van der Waals surface area contributed by atoms with Crippen LogP contribution in [0.4, 0.5) is 4.79 Å². The molecule has 1 aliphatic heterocycles. The van der Waals surface area contributed by atoms with E-state index in [1.165, 1.54) is 0 Å². The number of nitrogens with one attached hydrogen (secondary N) is 2. The van der Waals surface area contributed by atoms with Crippen LogP contribution in [0.15, 0.2) is 30.0 Å². The maximum atomic E-state index is 11.1. The molecule has 1 saturated heterocycles. The molecule has 1 fully saturated rings. The van der Waals surface area contributed by atoms with Crippen molar-refractivity contribution in [3.63, 3.8) is 0 Å². The molecule has 2 N–H and O–H groups in total. The van der Waals surface area contributed by atoms with Gasteiger partial charge in [-0.15, -0.1) is 0 Å². The van der Waals surface area contributed by atoms with Gasteiger partial charge < -0.3 is 5.32 Å². The molecule has 0 aliphatic carbocycles. The number of imide groups is 1. The van der Waals surface area contributed by atoms with Crippen LogP contribution in [0, 0.1) is 6.07 Å². The summed E-state index contributed by atoms with van der Waals surface area (Å²) in [5.74, 6) is -0.400. The second-order valence-corrected chi connectivity index (χ2v) is 2.80. The van der Waals surface area contributed by atoms with Crippen molar-refractivity contribution in [1.29, 1.82) is 0 Å². The van der Waals surface area contributed by atoms with E-state index >= 15 is 0 Å². The Labute approximate surface area is 80.6 Å². The van der Waals surface area contributed by atoms with Gasteiger partial charge in [-0.25, -0.2) is 4.79 Å². The predicted octanol–water partition coefficient (Wildman–Crippen LogP) is 0.667. The van der Waals surface area contributed by atoms with Crippen LogP contribution >= 0.6 is 0 Å². The van der Waals surface area contributed by atoms with Gasteiger partial charge in [0.05, 0.1) is 0 Å². The van der Waals surface area contributed by atoms with Crippen molar-refractivity contribution in [1.82, 2.24) is 10.6 Å². The molecule has 0 aromatic heterocycles. The van der Waals surface area contributed by atoms with Gasteiger partial charge in [-0.2, -0.15) is 0 Å². The second-order valence-electron chi connectivity index (χ2n) is 2.80. The molecule has 1 aromatic carbocycles. The normalized spacial score (nSPS) is 18.1. The Bertz CT molecular complexity index is 409. The molecule has 2 rings (SSSR count). The monoisotopic (exact) mass is 187 g/mol. The molecule has 1 heterocycles. The van der Waals surface area contributed by atoms with Gasteiger partial charge in [-0.05, 0) is 17.7 Å². The van der Waals surface area contributed by atoms with Crippen molar-refractivity contribution in [3.05, 3.63) is 41.6 Å². The number of rotatable bonds is 1. The minimum atomic E-state index is -0.483. The number of hydrogen-bond acceptors (Lipinski definition) is 2. The smallest absolute Gasteiger partial charge is 0.303 e. The fourth-order valence-electron chi connectivity index (χ4n) is 1.15. The van der Waals surface area contributed by atoms with Crippen LogP contribution in [-0.2, 0) is 4.79 Å². The van der Waals surface area contributed by atoms with E-state index in [4.69, 9.17) is 0 Å². The molecular weight excluding hydrogens is 180 g/mol. The Hall–Kier alpha value is -2.10. The maximum absolute atomic E-state index is 11.1. The van der Waals surface area contributed by atoms with E-state index in [0.29, 0.717) is 0 Å². The molecule has 1 aliphatic rings. The number of hydrogen-bond donors (Lipinski definition) is 2. The minimum Gasteiger partial charge on any atom is -0.303 e. The highest BCUT2D eigenvalue weighted by atomic mass is 16.2. The average molecular weight is 187 g/mol. The van der Waals surface area contributed by atoms with E-state index in [0.717, 1.165) is 5.56 Å². The Kier molecular flexibility index (Phi) is 2.02. The van der Waals surface area contributed by atoms with E-state index in [2.05, 4.69) is 16.7 Å². The molecule has 4 heteroatoms. The fourth-order valence-corrected chi connectivity index (χ4v) is 1.15. The van der Waals surface area contributed by atoms with Crippen molar-refractivity contribution < 1.29 is 9.59 Å². The summed E-state index contributed by atoms with van der Waals surface area (Å²) in [7, 11) is 0. The summed E-state index contributed by atoms with van der Waals surface area (Å²) in [5.41, 5.74) is 1.11. The molecule has 4 nitrogen and oxygen atoms in total. The number of benzene rings is 1. The van der Waals surface area contributed by atoms with Gasteiger partial charge in [-0.3, -0.25) is 10.1 Å². The van der Waals surface area contributed by atoms with Crippen LogP contribution in [0.1, 0.15) is 5.56 Å². The van der Waals surface area contributed by atoms with E-state index in [9.17, 15) is 9.59 Å². The molecule has 0 unspecified atom stereocenters. The van der Waals surface area contributed by atoms with Crippen molar-refractivity contribution in [2.45, 2.75) is 0 Å². The van der Waals surface area contributed by atoms with E-state index in [1.807, 2.05) is 0 Å². The Balaban J connectivity index is 2.28. The van der Waals surface area contributed by atoms with Crippen LogP contribution in [0.2, 0.25) is 0 Å². The van der Waals surface area contributed by atoms with Crippen LogP contribution in [0.3, 0.4) is 0 Å². The molecule has 3 amide bonds. The Morgan fingerprint density at radius 3 is 2.43 bits per heavy atom. The quantitative estimate of drug-likeness (QED) is 0.501. The minimum absolute atomic E-state index is 0.265. The first-order chi connectivity index (χ1) is 6.75. The van der Waals surface area contributed by atoms with Gasteiger partial charge in [0.2, 0.25) is 0 Å². The summed E-state index contributed by atoms with van der Waals surface area (Å²) >= 11 is 0. The lowest BCUT2D eigenvalue weighted by atomic mass is 10.2. The summed E-state index contributed by atoms with van der Waals surface area (Å²) in [6.45, 7) is 0. The van der Waals surface area contributed by atoms with Crippen LogP contribution in [-0.4, -0.2) is 11.9 Å². The van der Waals surface area contributed by atoms with Crippen molar-refractivity contribution in [3.8, 4) is 0 Å².